The van der Waals surface area contributed by atoms with Crippen LogP contribution in [0, 0.1) is 0 Å². The van der Waals surface area contributed by atoms with E-state index in [1.54, 1.807) is 11.1 Å². The van der Waals surface area contributed by atoms with Gasteiger partial charge in [0.1, 0.15) is 10.4 Å². The van der Waals surface area contributed by atoms with Crippen LogP contribution in [0.15, 0.2) is 22.9 Å². The number of carbonyl (C=O) groups excluding carboxylic acids is 1. The number of ether oxygens (including phenoxy) is 3. The summed E-state index contributed by atoms with van der Waals surface area (Å²) >= 11 is 3.34. The van der Waals surface area contributed by atoms with Crippen LogP contribution >= 0.6 is 15.9 Å². The van der Waals surface area contributed by atoms with E-state index in [0.717, 1.165) is 48.9 Å². The molecule has 1 saturated carbocycles. The van der Waals surface area contributed by atoms with Crippen molar-refractivity contribution in [2.45, 2.75) is 76.8 Å². The third-order valence-corrected chi connectivity index (χ3v) is 5.51. The molecule has 0 atom stereocenters. The molecule has 1 amide bonds. The van der Waals surface area contributed by atoms with Gasteiger partial charge in [-0.2, -0.15) is 0 Å². The molecule has 0 aromatic carbocycles. The summed E-state index contributed by atoms with van der Waals surface area (Å²) in [6.07, 6.45) is 8.06. The van der Waals surface area contributed by atoms with Crippen LogP contribution in [0.25, 0.3) is 0 Å². The minimum Gasteiger partial charge on any atom is -0.489 e. The highest BCUT2D eigenvalue weighted by atomic mass is 79.9. The van der Waals surface area contributed by atoms with Gasteiger partial charge in [0.2, 0.25) is 0 Å². The number of likely N-dealkylation sites (tertiary alicyclic amines) is 1. The van der Waals surface area contributed by atoms with Crippen LogP contribution in [-0.2, 0) is 9.47 Å². The van der Waals surface area contributed by atoms with Crippen LogP contribution in [0.3, 0.4) is 0 Å². The second-order valence-electron chi connectivity index (χ2n) is 7.59. The average molecular weight is 441 g/mol. The average Bonchev–Trinajstić information content (AvgIpc) is 2.65. The maximum Gasteiger partial charge on any atom is 0.410 e. The number of nitrogens with zero attached hydrogens (tertiary/aromatic N) is 2. The van der Waals surface area contributed by atoms with E-state index >= 15 is 0 Å². The third-order valence-electron chi connectivity index (χ3n) is 5.05. The van der Waals surface area contributed by atoms with E-state index in [4.69, 9.17) is 14.2 Å². The second kappa shape index (κ2) is 9.73. The van der Waals surface area contributed by atoms with Gasteiger partial charge in [-0.15, -0.1) is 0 Å². The fourth-order valence-electron chi connectivity index (χ4n) is 3.63. The second-order valence-corrected chi connectivity index (χ2v) is 8.40. The Morgan fingerprint density at radius 2 is 1.70 bits per heavy atom. The molecule has 2 fully saturated rings. The van der Waals surface area contributed by atoms with Gasteiger partial charge in [0.05, 0.1) is 30.6 Å². The lowest BCUT2D eigenvalue weighted by Crippen LogP contribution is -2.43. The maximum atomic E-state index is 12.0. The van der Waals surface area contributed by atoms with Gasteiger partial charge in [-0.05, 0) is 80.4 Å². The predicted molar refractivity (Wildman–Crippen MR) is 106 cm³/mol. The van der Waals surface area contributed by atoms with Crippen LogP contribution in [0.5, 0.6) is 5.75 Å². The number of hydrogen-bond acceptors (Lipinski definition) is 5. The SMILES string of the molecule is CC(C)OC(=O)N1CCC(O[C@H]2CC[C@H](Oc3ccc(Br)nc3)CC2)CC1. The lowest BCUT2D eigenvalue weighted by molar-refractivity contribution is -0.0656. The summed E-state index contributed by atoms with van der Waals surface area (Å²) < 4.78 is 18.4. The van der Waals surface area contributed by atoms with Gasteiger partial charge in [0, 0.05) is 13.1 Å². The Labute approximate surface area is 169 Å². The molecule has 1 aliphatic heterocycles. The molecule has 1 aromatic rings. The topological polar surface area (TPSA) is 60.9 Å². The van der Waals surface area contributed by atoms with Gasteiger partial charge in [-0.1, -0.05) is 0 Å². The Balaban J connectivity index is 1.35. The molecule has 1 saturated heterocycles. The summed E-state index contributed by atoms with van der Waals surface area (Å²) in [4.78, 5) is 17.9. The lowest BCUT2D eigenvalue weighted by atomic mass is 9.94. The van der Waals surface area contributed by atoms with Crippen molar-refractivity contribution >= 4 is 22.0 Å². The first kappa shape index (κ1) is 20.4. The van der Waals surface area contributed by atoms with Crippen LogP contribution in [0.2, 0.25) is 0 Å². The van der Waals surface area contributed by atoms with Crippen molar-refractivity contribution in [1.82, 2.24) is 9.88 Å². The lowest BCUT2D eigenvalue weighted by Gasteiger charge is -2.36. The van der Waals surface area contributed by atoms with Crippen LogP contribution in [0.1, 0.15) is 52.4 Å². The van der Waals surface area contributed by atoms with E-state index < -0.39 is 0 Å². The van der Waals surface area contributed by atoms with E-state index in [1.807, 2.05) is 26.0 Å². The predicted octanol–water partition coefficient (Wildman–Crippen LogP) is 4.56. The Morgan fingerprint density at radius 1 is 1.07 bits per heavy atom. The largest absolute Gasteiger partial charge is 0.489 e. The summed E-state index contributed by atoms with van der Waals surface area (Å²) in [5, 5.41) is 0. The molecule has 1 aromatic heterocycles. The highest BCUT2D eigenvalue weighted by Crippen LogP contribution is 2.28. The van der Waals surface area contributed by atoms with Crippen molar-refractivity contribution in [2.75, 3.05) is 13.1 Å². The number of carbonyl (C=O) groups is 1. The van der Waals surface area contributed by atoms with Crippen molar-refractivity contribution in [3.05, 3.63) is 22.9 Å². The monoisotopic (exact) mass is 440 g/mol. The molecular weight excluding hydrogens is 412 g/mol. The number of piperidine rings is 1. The van der Waals surface area contributed by atoms with E-state index in [9.17, 15) is 4.79 Å². The van der Waals surface area contributed by atoms with Crippen LogP contribution in [0.4, 0.5) is 4.79 Å². The molecule has 0 bridgehead atoms. The molecule has 7 heteroatoms. The normalized spacial score (nSPS) is 24.1. The Morgan fingerprint density at radius 3 is 2.30 bits per heavy atom. The van der Waals surface area contributed by atoms with E-state index in [1.165, 1.54) is 0 Å². The standard InChI is InChI=1S/C20H29BrN2O4/c1-14(2)25-20(24)23-11-9-17(10-12-23)26-15-3-5-16(6-4-15)27-18-7-8-19(21)22-13-18/h7-8,13-17H,3-6,9-12H2,1-2H3/t15-,16-. The number of halogens is 1. The third kappa shape index (κ3) is 6.35. The first-order valence-corrected chi connectivity index (χ1v) is 10.7. The van der Waals surface area contributed by atoms with Crippen molar-refractivity contribution < 1.29 is 19.0 Å². The van der Waals surface area contributed by atoms with Crippen molar-refractivity contribution in [3.63, 3.8) is 0 Å². The summed E-state index contributed by atoms with van der Waals surface area (Å²) in [5.41, 5.74) is 0. The number of aromatic nitrogens is 1. The van der Waals surface area contributed by atoms with Crippen molar-refractivity contribution in [3.8, 4) is 5.75 Å². The molecule has 27 heavy (non-hydrogen) atoms. The van der Waals surface area contributed by atoms with Crippen molar-refractivity contribution in [2.24, 2.45) is 0 Å². The van der Waals surface area contributed by atoms with Gasteiger partial charge in [0.25, 0.3) is 0 Å². The zero-order chi connectivity index (χ0) is 19.2. The van der Waals surface area contributed by atoms with Gasteiger partial charge in [0.15, 0.2) is 0 Å². The number of pyridine rings is 1. The first-order valence-electron chi connectivity index (χ1n) is 9.89. The molecule has 0 unspecified atom stereocenters. The van der Waals surface area contributed by atoms with E-state index in [2.05, 4.69) is 20.9 Å². The molecule has 6 nitrogen and oxygen atoms in total. The zero-order valence-electron chi connectivity index (χ0n) is 16.1. The van der Waals surface area contributed by atoms with E-state index in [-0.39, 0.29) is 24.4 Å². The Kier molecular flexibility index (Phi) is 7.35. The van der Waals surface area contributed by atoms with Crippen LogP contribution in [-0.4, -0.2) is 53.5 Å². The molecule has 3 rings (SSSR count). The highest BCUT2D eigenvalue weighted by Gasteiger charge is 2.29. The van der Waals surface area contributed by atoms with E-state index in [0.29, 0.717) is 19.2 Å². The van der Waals surface area contributed by atoms with Gasteiger partial charge in [-0.25, -0.2) is 9.78 Å². The van der Waals surface area contributed by atoms with Crippen LogP contribution < -0.4 is 4.74 Å². The zero-order valence-corrected chi connectivity index (χ0v) is 17.7. The fraction of sp³-hybridized carbons (Fsp3) is 0.700. The van der Waals surface area contributed by atoms with Crippen molar-refractivity contribution in [1.29, 1.82) is 0 Å². The highest BCUT2D eigenvalue weighted by molar-refractivity contribution is 9.10. The molecule has 0 spiro atoms. The van der Waals surface area contributed by atoms with Gasteiger partial charge < -0.3 is 19.1 Å². The molecule has 150 valence electrons. The molecule has 2 aliphatic rings. The number of hydrogen-bond donors (Lipinski definition) is 0. The molecule has 1 aliphatic carbocycles. The quantitative estimate of drug-likeness (QED) is 0.627. The molecule has 2 heterocycles. The summed E-state index contributed by atoms with van der Waals surface area (Å²) in [6, 6.07) is 3.84. The Hall–Kier alpha value is -1.34. The summed E-state index contributed by atoms with van der Waals surface area (Å²) in [5.74, 6) is 0.822. The molecular formula is C20H29BrN2O4. The number of amides is 1. The summed E-state index contributed by atoms with van der Waals surface area (Å²) in [7, 11) is 0. The molecule has 0 N–H and O–H groups in total. The maximum absolute atomic E-state index is 12.0. The summed E-state index contributed by atoms with van der Waals surface area (Å²) in [6.45, 7) is 5.18. The smallest absolute Gasteiger partial charge is 0.410 e. The Bertz CT molecular complexity index is 595. The van der Waals surface area contributed by atoms with Gasteiger partial charge in [-0.3, -0.25) is 0 Å². The van der Waals surface area contributed by atoms with Gasteiger partial charge >= 0.3 is 6.09 Å². The minimum absolute atomic E-state index is 0.0722. The number of rotatable bonds is 5. The minimum atomic E-state index is -0.205. The fourth-order valence-corrected chi connectivity index (χ4v) is 3.87. The molecule has 0 radical (unpaired) electrons. The first-order chi connectivity index (χ1) is 13.0.